The Labute approximate surface area is 141 Å². The summed E-state index contributed by atoms with van der Waals surface area (Å²) in [5.74, 6) is -0.831. The Bertz CT molecular complexity index is 848. The van der Waals surface area contributed by atoms with Crippen LogP contribution in [0.3, 0.4) is 0 Å². The summed E-state index contributed by atoms with van der Waals surface area (Å²) in [6.45, 7) is 0. The van der Waals surface area contributed by atoms with Crippen LogP contribution in [-0.2, 0) is 10.0 Å². The zero-order chi connectivity index (χ0) is 18.7. The fourth-order valence-electron chi connectivity index (χ4n) is 1.87. The maximum absolute atomic E-state index is 12.2. The van der Waals surface area contributed by atoms with E-state index in [1.165, 1.54) is 31.3 Å². The molecule has 0 aromatic heterocycles. The molecule has 0 aliphatic carbocycles. The molecule has 6 nitrogen and oxygen atoms in total. The predicted molar refractivity (Wildman–Crippen MR) is 83.8 cm³/mol. The van der Waals surface area contributed by atoms with E-state index in [0.29, 0.717) is 0 Å². The summed E-state index contributed by atoms with van der Waals surface area (Å²) >= 11 is 0. The van der Waals surface area contributed by atoms with Crippen LogP contribution in [0.1, 0.15) is 10.4 Å². The summed E-state index contributed by atoms with van der Waals surface area (Å²) in [5.41, 5.74) is 0.347. The van der Waals surface area contributed by atoms with Crippen LogP contribution >= 0.6 is 0 Å². The summed E-state index contributed by atoms with van der Waals surface area (Å²) in [4.78, 5) is 11.3. The van der Waals surface area contributed by atoms with Gasteiger partial charge in [0.15, 0.2) is 0 Å². The quantitative estimate of drug-likeness (QED) is 0.843. The summed E-state index contributed by atoms with van der Waals surface area (Å²) in [6, 6.07) is 9.42. The number of hydrogen-bond acceptors (Lipinski definition) is 4. The predicted octanol–water partition coefficient (Wildman–Crippen LogP) is 2.75. The number of alkyl halides is 3. The topological polar surface area (TPSA) is 84.5 Å². The van der Waals surface area contributed by atoms with Crippen LogP contribution in [0.15, 0.2) is 53.4 Å². The fraction of sp³-hybridized carbons (Fsp3) is 0.133. The third-order valence-electron chi connectivity index (χ3n) is 2.99. The molecule has 0 fully saturated rings. The van der Waals surface area contributed by atoms with E-state index >= 15 is 0 Å². The van der Waals surface area contributed by atoms with Gasteiger partial charge >= 0.3 is 6.36 Å². The number of carbonyl (C=O) groups excluding carboxylic acids is 1. The van der Waals surface area contributed by atoms with Gasteiger partial charge in [0.1, 0.15) is 5.75 Å². The molecule has 25 heavy (non-hydrogen) atoms. The Morgan fingerprint density at radius 3 is 2.04 bits per heavy atom. The molecule has 0 saturated heterocycles. The van der Waals surface area contributed by atoms with Gasteiger partial charge in [0.05, 0.1) is 4.90 Å². The van der Waals surface area contributed by atoms with Crippen molar-refractivity contribution in [1.29, 1.82) is 0 Å². The van der Waals surface area contributed by atoms with E-state index in [-0.39, 0.29) is 22.1 Å². The number of amides is 1. The van der Waals surface area contributed by atoms with E-state index in [9.17, 15) is 26.4 Å². The number of halogens is 3. The second kappa shape index (κ2) is 7.01. The Morgan fingerprint density at radius 1 is 1.00 bits per heavy atom. The van der Waals surface area contributed by atoms with Crippen LogP contribution in [0.4, 0.5) is 18.9 Å². The molecule has 0 saturated carbocycles. The first-order valence-corrected chi connectivity index (χ1v) is 8.30. The first-order chi connectivity index (χ1) is 11.6. The molecule has 0 aliphatic heterocycles. The lowest BCUT2D eigenvalue weighted by atomic mass is 10.2. The summed E-state index contributed by atoms with van der Waals surface area (Å²) in [5, 5.41) is 2.40. The third kappa shape index (κ3) is 5.11. The van der Waals surface area contributed by atoms with Crippen molar-refractivity contribution in [2.75, 3.05) is 11.8 Å². The molecule has 0 atom stereocenters. The molecule has 0 spiro atoms. The highest BCUT2D eigenvalue weighted by Gasteiger charge is 2.31. The number of sulfonamides is 1. The molecule has 2 aromatic rings. The van der Waals surface area contributed by atoms with E-state index in [2.05, 4.69) is 14.8 Å². The highest BCUT2D eigenvalue weighted by atomic mass is 32.2. The van der Waals surface area contributed by atoms with Crippen molar-refractivity contribution >= 4 is 21.6 Å². The summed E-state index contributed by atoms with van der Waals surface area (Å²) in [6.07, 6.45) is -4.83. The minimum Gasteiger partial charge on any atom is -0.406 e. The normalized spacial score (nSPS) is 11.7. The number of benzene rings is 2. The average Bonchev–Trinajstić information content (AvgIpc) is 2.54. The molecule has 0 bridgehead atoms. The average molecular weight is 374 g/mol. The first-order valence-electron chi connectivity index (χ1n) is 6.81. The van der Waals surface area contributed by atoms with Gasteiger partial charge in [-0.2, -0.15) is 0 Å². The second-order valence-electron chi connectivity index (χ2n) is 4.78. The molecule has 2 aromatic carbocycles. The molecule has 10 heteroatoms. The highest BCUT2D eigenvalue weighted by molar-refractivity contribution is 7.92. The summed E-state index contributed by atoms with van der Waals surface area (Å²) in [7, 11) is -2.51. The maximum atomic E-state index is 12.2. The minimum absolute atomic E-state index is 0.0601. The van der Waals surface area contributed by atoms with Crippen molar-refractivity contribution in [3.8, 4) is 5.75 Å². The molecule has 1 amide bonds. The van der Waals surface area contributed by atoms with Crippen molar-refractivity contribution < 1.29 is 31.1 Å². The minimum atomic E-state index is -4.83. The molecule has 0 radical (unpaired) electrons. The molecule has 2 N–H and O–H groups in total. The number of hydrogen-bond donors (Lipinski definition) is 2. The number of anilines is 1. The Balaban J connectivity index is 2.14. The van der Waals surface area contributed by atoms with Crippen LogP contribution in [0.25, 0.3) is 0 Å². The van der Waals surface area contributed by atoms with Gasteiger partial charge < -0.3 is 10.1 Å². The fourth-order valence-corrected chi connectivity index (χ4v) is 2.93. The van der Waals surface area contributed by atoms with Gasteiger partial charge in [-0.25, -0.2) is 8.42 Å². The van der Waals surface area contributed by atoms with Crippen LogP contribution < -0.4 is 14.8 Å². The van der Waals surface area contributed by atoms with Gasteiger partial charge in [0.25, 0.3) is 15.9 Å². The monoisotopic (exact) mass is 374 g/mol. The number of nitrogens with one attached hydrogen (secondary N) is 2. The van der Waals surface area contributed by atoms with Crippen LogP contribution in [-0.4, -0.2) is 27.7 Å². The van der Waals surface area contributed by atoms with Gasteiger partial charge in [0, 0.05) is 18.3 Å². The Kier molecular flexibility index (Phi) is 5.21. The van der Waals surface area contributed by atoms with Crippen molar-refractivity contribution in [2.24, 2.45) is 0 Å². The lowest BCUT2D eigenvalue weighted by Crippen LogP contribution is -2.18. The molecule has 2 rings (SSSR count). The zero-order valence-electron chi connectivity index (χ0n) is 12.8. The highest BCUT2D eigenvalue weighted by Crippen LogP contribution is 2.25. The van der Waals surface area contributed by atoms with Gasteiger partial charge in [0.2, 0.25) is 0 Å². The lowest BCUT2D eigenvalue weighted by molar-refractivity contribution is -0.274. The Morgan fingerprint density at radius 2 is 1.56 bits per heavy atom. The van der Waals surface area contributed by atoms with Gasteiger partial charge in [-0.15, -0.1) is 13.2 Å². The molecule has 0 unspecified atom stereocenters. The van der Waals surface area contributed by atoms with E-state index in [4.69, 9.17) is 0 Å². The van der Waals surface area contributed by atoms with Crippen molar-refractivity contribution in [3.05, 3.63) is 54.1 Å². The molecular formula is C15H13F3N2O4S. The smallest absolute Gasteiger partial charge is 0.406 e. The van der Waals surface area contributed by atoms with Gasteiger partial charge in [-0.05, 0) is 48.5 Å². The van der Waals surface area contributed by atoms with Crippen molar-refractivity contribution in [2.45, 2.75) is 11.3 Å². The molecular weight excluding hydrogens is 361 g/mol. The zero-order valence-corrected chi connectivity index (χ0v) is 13.6. The second-order valence-corrected chi connectivity index (χ2v) is 6.46. The standard InChI is InChI=1S/C15H13F3N2O4S/c1-19-14(21)10-2-8-13(9-3-10)25(22,23)20-11-4-6-12(7-5-11)24-15(16,17)18/h2-9,20H,1H3,(H,19,21). The molecule has 0 aliphatic rings. The van der Waals surface area contributed by atoms with Crippen molar-refractivity contribution in [3.63, 3.8) is 0 Å². The van der Waals surface area contributed by atoms with Crippen LogP contribution in [0.5, 0.6) is 5.75 Å². The third-order valence-corrected chi connectivity index (χ3v) is 4.39. The van der Waals surface area contributed by atoms with E-state index in [0.717, 1.165) is 24.3 Å². The SMILES string of the molecule is CNC(=O)c1ccc(S(=O)(=O)Nc2ccc(OC(F)(F)F)cc2)cc1. The largest absolute Gasteiger partial charge is 0.573 e. The van der Waals surface area contributed by atoms with E-state index < -0.39 is 22.1 Å². The number of rotatable bonds is 5. The molecule has 0 heterocycles. The van der Waals surface area contributed by atoms with Crippen molar-refractivity contribution in [1.82, 2.24) is 5.32 Å². The van der Waals surface area contributed by atoms with E-state index in [1.807, 2.05) is 0 Å². The maximum Gasteiger partial charge on any atom is 0.573 e. The first kappa shape index (κ1) is 18.6. The number of ether oxygens (including phenoxy) is 1. The summed E-state index contributed by atoms with van der Waals surface area (Å²) < 4.78 is 66.7. The lowest BCUT2D eigenvalue weighted by Gasteiger charge is -2.11. The van der Waals surface area contributed by atoms with Gasteiger partial charge in [-0.1, -0.05) is 0 Å². The van der Waals surface area contributed by atoms with Crippen LogP contribution in [0.2, 0.25) is 0 Å². The van der Waals surface area contributed by atoms with E-state index in [1.54, 1.807) is 0 Å². The Hall–Kier alpha value is -2.75. The number of carbonyl (C=O) groups is 1. The molecule has 134 valence electrons. The van der Waals surface area contributed by atoms with Gasteiger partial charge in [-0.3, -0.25) is 9.52 Å². The van der Waals surface area contributed by atoms with Crippen LogP contribution in [0, 0.1) is 0 Å².